The third-order valence-corrected chi connectivity index (χ3v) is 1.55. The summed E-state index contributed by atoms with van der Waals surface area (Å²) in [4.78, 5) is 2.18. The van der Waals surface area contributed by atoms with Crippen LogP contribution in [0.5, 0.6) is 0 Å². The van der Waals surface area contributed by atoms with Gasteiger partial charge in [0.2, 0.25) is 0 Å². The lowest BCUT2D eigenvalue weighted by Gasteiger charge is -2.03. The van der Waals surface area contributed by atoms with E-state index in [9.17, 15) is 13.2 Å². The van der Waals surface area contributed by atoms with Crippen molar-refractivity contribution in [3.63, 3.8) is 0 Å². The molecule has 0 heterocycles. The summed E-state index contributed by atoms with van der Waals surface area (Å²) >= 11 is 0. The first kappa shape index (κ1) is 16.1. The molecule has 0 aromatic rings. The summed E-state index contributed by atoms with van der Waals surface area (Å²) in [7, 11) is -1.67. The molecule has 0 aromatic heterocycles. The minimum atomic E-state index is -5.84. The first-order valence-corrected chi connectivity index (χ1v) is 5.14. The summed E-state index contributed by atoms with van der Waals surface area (Å²) in [6, 6.07) is 0. The molecule has 0 aliphatic rings. The molecule has 0 fully saturated rings. The van der Waals surface area contributed by atoms with Crippen molar-refractivity contribution < 1.29 is 26.1 Å². The normalized spacial score (nSPS) is 12.3. The second-order valence-electron chi connectivity index (χ2n) is 2.72. The Kier molecular flexibility index (Phi) is 7.13. The Bertz CT molecular complexity index is 235. The summed E-state index contributed by atoms with van der Waals surface area (Å²) < 4.78 is 57.5. The van der Waals surface area contributed by atoms with Crippen molar-refractivity contribution in [1.82, 2.24) is 4.90 Å². The fourth-order valence-corrected chi connectivity index (χ4v) is 0.447. The zero-order chi connectivity index (χ0) is 12.0. The fourth-order valence-electron chi connectivity index (χ4n) is 0.447. The molecule has 0 saturated carbocycles. The van der Waals surface area contributed by atoms with Gasteiger partial charge < -0.3 is 4.90 Å². The van der Waals surface area contributed by atoms with E-state index in [4.69, 9.17) is 13.0 Å². The fraction of sp³-hybridized carbons (Fsp3) is 1.00. The van der Waals surface area contributed by atoms with E-state index >= 15 is 0 Å². The summed E-state index contributed by atoms with van der Waals surface area (Å²) in [5.41, 5.74) is -5.53. The summed E-state index contributed by atoms with van der Waals surface area (Å²) in [6.45, 7) is 3.39. The molecule has 14 heavy (non-hydrogen) atoms. The van der Waals surface area contributed by atoms with E-state index in [-0.39, 0.29) is 0 Å². The topological polar surface area (TPSA) is 57.6 Å². The summed E-state index contributed by atoms with van der Waals surface area (Å²) in [5.74, 6) is 0. The van der Waals surface area contributed by atoms with Gasteiger partial charge in [0.15, 0.2) is 0 Å². The van der Waals surface area contributed by atoms with E-state index < -0.39 is 15.6 Å². The molecule has 0 aromatic carbocycles. The number of rotatable bonds is 2. The van der Waals surface area contributed by atoms with Crippen LogP contribution in [0.15, 0.2) is 0 Å². The number of halogens is 3. The van der Waals surface area contributed by atoms with Crippen LogP contribution in [-0.2, 0) is 10.1 Å². The second-order valence-corrected chi connectivity index (χ2v) is 4.14. The van der Waals surface area contributed by atoms with E-state index in [0.717, 1.165) is 0 Å². The van der Waals surface area contributed by atoms with Crippen molar-refractivity contribution in [1.29, 1.82) is 0 Å². The van der Waals surface area contributed by atoms with E-state index in [1.807, 2.05) is 0 Å². The predicted octanol–water partition coefficient (Wildman–Crippen LogP) is 1.35. The summed E-state index contributed by atoms with van der Waals surface area (Å²) in [5, 5.41) is 0. The standard InChI is InChI=1S/C5H13N.CHF3O3S/c1-4-5-6(2)3;2-1(3,4)8(5,6)7/h4-5H2,1-3H3;(H,5,6,7). The van der Waals surface area contributed by atoms with Crippen LogP contribution in [-0.4, -0.2) is 44.0 Å². The molecule has 0 rings (SSSR count). The highest BCUT2D eigenvalue weighted by Gasteiger charge is 2.44. The van der Waals surface area contributed by atoms with Gasteiger partial charge in [-0.05, 0) is 27.1 Å². The van der Waals surface area contributed by atoms with E-state index in [0.29, 0.717) is 0 Å². The molecular formula is C6H14F3NO3S. The Morgan fingerprint density at radius 3 is 1.57 bits per heavy atom. The molecule has 1 N–H and O–H groups in total. The lowest BCUT2D eigenvalue weighted by molar-refractivity contribution is -0.0510. The highest BCUT2D eigenvalue weighted by molar-refractivity contribution is 7.86. The molecule has 0 radical (unpaired) electrons. The maximum atomic E-state index is 10.7. The average Bonchev–Trinajstić information content (AvgIpc) is 1.82. The molecule has 0 saturated heterocycles. The molecule has 0 amide bonds. The maximum absolute atomic E-state index is 10.7. The van der Waals surface area contributed by atoms with Gasteiger partial charge in [0, 0.05) is 0 Å². The van der Waals surface area contributed by atoms with Crippen LogP contribution < -0.4 is 0 Å². The van der Waals surface area contributed by atoms with Gasteiger partial charge in [0.25, 0.3) is 0 Å². The maximum Gasteiger partial charge on any atom is 0.522 e. The van der Waals surface area contributed by atoms with E-state index in [1.54, 1.807) is 0 Å². The number of hydrogen-bond donors (Lipinski definition) is 1. The van der Waals surface area contributed by atoms with Crippen molar-refractivity contribution in [2.45, 2.75) is 18.9 Å². The molecule has 0 aliphatic heterocycles. The van der Waals surface area contributed by atoms with Gasteiger partial charge in [0.05, 0.1) is 0 Å². The third kappa shape index (κ3) is 9.75. The second kappa shape index (κ2) is 6.20. The third-order valence-electron chi connectivity index (χ3n) is 0.963. The van der Waals surface area contributed by atoms with Crippen molar-refractivity contribution in [2.24, 2.45) is 0 Å². The molecule has 8 heteroatoms. The molecule has 0 aliphatic carbocycles. The van der Waals surface area contributed by atoms with Crippen molar-refractivity contribution in [2.75, 3.05) is 20.6 Å². The van der Waals surface area contributed by atoms with Gasteiger partial charge >= 0.3 is 15.6 Å². The SMILES string of the molecule is CCCN(C)C.O=S(=O)(O)C(F)(F)F. The highest BCUT2D eigenvalue weighted by Crippen LogP contribution is 2.20. The molecule has 0 atom stereocenters. The quantitative estimate of drug-likeness (QED) is 0.582. The molecule has 4 nitrogen and oxygen atoms in total. The Morgan fingerprint density at radius 1 is 1.29 bits per heavy atom. The van der Waals surface area contributed by atoms with Crippen LogP contribution in [0.25, 0.3) is 0 Å². The lowest BCUT2D eigenvalue weighted by Crippen LogP contribution is -2.21. The average molecular weight is 237 g/mol. The minimum absolute atomic E-state index is 1.21. The van der Waals surface area contributed by atoms with Crippen LogP contribution >= 0.6 is 0 Å². The lowest BCUT2D eigenvalue weighted by atomic mass is 10.5. The summed E-state index contributed by atoms with van der Waals surface area (Å²) in [6.07, 6.45) is 1.26. The Morgan fingerprint density at radius 2 is 1.57 bits per heavy atom. The highest BCUT2D eigenvalue weighted by atomic mass is 32.2. The predicted molar refractivity (Wildman–Crippen MR) is 46.4 cm³/mol. The van der Waals surface area contributed by atoms with E-state index in [2.05, 4.69) is 25.9 Å². The van der Waals surface area contributed by atoms with Crippen LogP contribution in [0.4, 0.5) is 13.2 Å². The molecular weight excluding hydrogens is 223 g/mol. The van der Waals surface area contributed by atoms with Crippen LogP contribution in [0.1, 0.15) is 13.3 Å². The van der Waals surface area contributed by atoms with Crippen molar-refractivity contribution in [3.05, 3.63) is 0 Å². The Labute approximate surface area is 81.5 Å². The first-order valence-electron chi connectivity index (χ1n) is 3.70. The van der Waals surface area contributed by atoms with Crippen LogP contribution in [0, 0.1) is 0 Å². The van der Waals surface area contributed by atoms with Gasteiger partial charge in [-0.1, -0.05) is 6.92 Å². The molecule has 0 unspecified atom stereocenters. The van der Waals surface area contributed by atoms with Gasteiger partial charge in [-0.25, -0.2) is 0 Å². The number of nitrogens with zero attached hydrogens (tertiary/aromatic N) is 1. The van der Waals surface area contributed by atoms with Gasteiger partial charge in [-0.2, -0.15) is 21.6 Å². The molecule has 0 spiro atoms. The number of hydrogen-bond acceptors (Lipinski definition) is 3. The van der Waals surface area contributed by atoms with Gasteiger partial charge in [-0.3, -0.25) is 4.55 Å². The monoisotopic (exact) mass is 237 g/mol. The zero-order valence-electron chi connectivity index (χ0n) is 8.17. The molecule has 0 bridgehead atoms. The molecule has 88 valence electrons. The van der Waals surface area contributed by atoms with Crippen molar-refractivity contribution >= 4 is 10.1 Å². The van der Waals surface area contributed by atoms with Crippen LogP contribution in [0.3, 0.4) is 0 Å². The zero-order valence-corrected chi connectivity index (χ0v) is 8.98. The van der Waals surface area contributed by atoms with Crippen LogP contribution in [0.2, 0.25) is 0 Å². The largest absolute Gasteiger partial charge is 0.522 e. The smallest absolute Gasteiger partial charge is 0.309 e. The van der Waals surface area contributed by atoms with Gasteiger partial charge in [0.1, 0.15) is 0 Å². The van der Waals surface area contributed by atoms with Gasteiger partial charge in [-0.15, -0.1) is 0 Å². The Hall–Kier alpha value is -0.340. The van der Waals surface area contributed by atoms with E-state index in [1.165, 1.54) is 13.0 Å². The van der Waals surface area contributed by atoms with Crippen molar-refractivity contribution in [3.8, 4) is 0 Å². The first-order chi connectivity index (χ1) is 6.02. The number of alkyl halides is 3. The Balaban J connectivity index is 0. The minimum Gasteiger partial charge on any atom is -0.309 e.